The van der Waals surface area contributed by atoms with Crippen molar-refractivity contribution in [2.75, 3.05) is 13.2 Å². The third-order valence-electron chi connectivity index (χ3n) is 2.18. The van der Waals surface area contributed by atoms with E-state index in [2.05, 4.69) is 5.32 Å². The van der Waals surface area contributed by atoms with Crippen molar-refractivity contribution >= 4 is 0 Å². The van der Waals surface area contributed by atoms with Gasteiger partial charge in [0.2, 0.25) is 0 Å². The summed E-state index contributed by atoms with van der Waals surface area (Å²) in [7, 11) is 0. The van der Waals surface area contributed by atoms with Gasteiger partial charge in [-0.1, -0.05) is 0 Å². The molecule has 0 amide bonds. The van der Waals surface area contributed by atoms with Crippen LogP contribution in [0.2, 0.25) is 0 Å². The minimum atomic E-state index is -0.715. The second-order valence-electron chi connectivity index (χ2n) is 3.15. The number of aliphatic hydroxyl groups excluding tert-OH is 1. The molecule has 0 radical (unpaired) electrons. The lowest BCUT2D eigenvalue weighted by Crippen LogP contribution is -2.54. The lowest BCUT2D eigenvalue weighted by atomic mass is 9.88. The summed E-state index contributed by atoms with van der Waals surface area (Å²) >= 11 is 0. The standard InChI is InChI=1S/C7H15NO2/c1-7(10)3-2-4-8-6(7)5-9/h6,8-10H,2-5H2,1H3/t6-,7?/m1/s1. The average Bonchev–Trinajstić information content (AvgIpc) is 1.87. The Balaban J connectivity index is 2.51. The normalized spacial score (nSPS) is 41.7. The number of nitrogens with one attached hydrogen (secondary N) is 1. The third-order valence-corrected chi connectivity index (χ3v) is 2.18. The van der Waals surface area contributed by atoms with Crippen molar-refractivity contribution < 1.29 is 10.2 Å². The molecule has 1 fully saturated rings. The lowest BCUT2D eigenvalue weighted by Gasteiger charge is -2.36. The van der Waals surface area contributed by atoms with E-state index in [1.807, 2.05) is 0 Å². The Bertz CT molecular complexity index is 114. The molecule has 1 saturated heterocycles. The summed E-state index contributed by atoms with van der Waals surface area (Å²) in [6, 6.07) is -0.138. The summed E-state index contributed by atoms with van der Waals surface area (Å²) in [5, 5.41) is 21.5. The largest absolute Gasteiger partial charge is 0.395 e. The van der Waals surface area contributed by atoms with Crippen molar-refractivity contribution in [3.05, 3.63) is 0 Å². The van der Waals surface area contributed by atoms with E-state index in [4.69, 9.17) is 5.11 Å². The van der Waals surface area contributed by atoms with Crippen LogP contribution in [0.25, 0.3) is 0 Å². The van der Waals surface area contributed by atoms with E-state index in [9.17, 15) is 5.11 Å². The van der Waals surface area contributed by atoms with E-state index in [0.717, 1.165) is 19.4 Å². The summed E-state index contributed by atoms with van der Waals surface area (Å²) in [6.07, 6.45) is 1.77. The zero-order valence-corrected chi connectivity index (χ0v) is 6.30. The summed E-state index contributed by atoms with van der Waals surface area (Å²) in [5.41, 5.74) is -0.715. The van der Waals surface area contributed by atoms with Crippen LogP contribution in [0.4, 0.5) is 0 Å². The first kappa shape index (κ1) is 7.98. The molecule has 1 unspecified atom stereocenters. The highest BCUT2D eigenvalue weighted by molar-refractivity contribution is 4.90. The van der Waals surface area contributed by atoms with Gasteiger partial charge >= 0.3 is 0 Å². The van der Waals surface area contributed by atoms with E-state index in [0.29, 0.717) is 0 Å². The SMILES string of the molecule is CC1(O)CCCN[C@@H]1CO. The summed E-state index contributed by atoms with van der Waals surface area (Å²) < 4.78 is 0. The fourth-order valence-corrected chi connectivity index (χ4v) is 1.38. The Morgan fingerprint density at radius 3 is 2.80 bits per heavy atom. The minimum absolute atomic E-state index is 0.0208. The van der Waals surface area contributed by atoms with Crippen molar-refractivity contribution in [3.63, 3.8) is 0 Å². The first-order valence-electron chi connectivity index (χ1n) is 3.73. The Labute approximate surface area is 61.1 Å². The fraction of sp³-hybridized carbons (Fsp3) is 1.00. The van der Waals surface area contributed by atoms with E-state index < -0.39 is 5.60 Å². The van der Waals surface area contributed by atoms with Gasteiger partial charge in [0.1, 0.15) is 0 Å². The lowest BCUT2D eigenvalue weighted by molar-refractivity contribution is -0.0246. The van der Waals surface area contributed by atoms with Gasteiger partial charge in [0.15, 0.2) is 0 Å². The van der Waals surface area contributed by atoms with Crippen molar-refractivity contribution in [3.8, 4) is 0 Å². The molecule has 0 aromatic carbocycles. The smallest absolute Gasteiger partial charge is 0.0794 e. The topological polar surface area (TPSA) is 52.5 Å². The second-order valence-corrected chi connectivity index (χ2v) is 3.15. The maximum absolute atomic E-state index is 9.61. The second kappa shape index (κ2) is 2.86. The number of hydrogen-bond acceptors (Lipinski definition) is 3. The van der Waals surface area contributed by atoms with Gasteiger partial charge < -0.3 is 15.5 Å². The molecule has 0 spiro atoms. The Morgan fingerprint density at radius 1 is 1.70 bits per heavy atom. The van der Waals surface area contributed by atoms with E-state index in [-0.39, 0.29) is 12.6 Å². The van der Waals surface area contributed by atoms with Gasteiger partial charge in [-0.25, -0.2) is 0 Å². The monoisotopic (exact) mass is 145 g/mol. The molecule has 3 N–H and O–H groups in total. The van der Waals surface area contributed by atoms with Crippen LogP contribution in [0.3, 0.4) is 0 Å². The predicted molar refractivity (Wildman–Crippen MR) is 38.7 cm³/mol. The molecule has 0 saturated carbocycles. The fourth-order valence-electron chi connectivity index (χ4n) is 1.38. The molecule has 2 atom stereocenters. The molecule has 10 heavy (non-hydrogen) atoms. The molecule has 1 aliphatic heterocycles. The van der Waals surface area contributed by atoms with E-state index in [1.165, 1.54) is 0 Å². The van der Waals surface area contributed by atoms with Crippen molar-refractivity contribution in [2.45, 2.75) is 31.4 Å². The highest BCUT2D eigenvalue weighted by Gasteiger charge is 2.33. The van der Waals surface area contributed by atoms with Crippen LogP contribution in [-0.4, -0.2) is 35.0 Å². The van der Waals surface area contributed by atoms with Crippen LogP contribution in [-0.2, 0) is 0 Å². The minimum Gasteiger partial charge on any atom is -0.395 e. The van der Waals surface area contributed by atoms with Crippen molar-refractivity contribution in [1.82, 2.24) is 5.32 Å². The molecular formula is C7H15NO2. The molecule has 1 aliphatic rings. The van der Waals surface area contributed by atoms with Crippen LogP contribution in [0.5, 0.6) is 0 Å². The molecular weight excluding hydrogens is 130 g/mol. The van der Waals surface area contributed by atoms with Gasteiger partial charge in [-0.2, -0.15) is 0 Å². The van der Waals surface area contributed by atoms with Gasteiger partial charge in [-0.15, -0.1) is 0 Å². The van der Waals surface area contributed by atoms with Gasteiger partial charge in [0, 0.05) is 0 Å². The zero-order chi connectivity index (χ0) is 7.61. The highest BCUT2D eigenvalue weighted by Crippen LogP contribution is 2.20. The van der Waals surface area contributed by atoms with Crippen molar-refractivity contribution in [2.24, 2.45) is 0 Å². The Hall–Kier alpha value is -0.120. The number of aliphatic hydroxyl groups is 2. The predicted octanol–water partition coefficient (Wildman–Crippen LogP) is -0.518. The highest BCUT2D eigenvalue weighted by atomic mass is 16.3. The molecule has 60 valence electrons. The van der Waals surface area contributed by atoms with Crippen LogP contribution in [0.15, 0.2) is 0 Å². The summed E-state index contributed by atoms with van der Waals surface area (Å²) in [6.45, 7) is 2.69. The van der Waals surface area contributed by atoms with Gasteiger partial charge in [0.25, 0.3) is 0 Å². The van der Waals surface area contributed by atoms with Crippen LogP contribution in [0, 0.1) is 0 Å². The number of piperidine rings is 1. The summed E-state index contributed by atoms with van der Waals surface area (Å²) in [5.74, 6) is 0. The molecule has 1 heterocycles. The first-order valence-corrected chi connectivity index (χ1v) is 3.73. The number of rotatable bonds is 1. The van der Waals surface area contributed by atoms with Gasteiger partial charge in [0.05, 0.1) is 18.2 Å². The molecule has 0 aliphatic carbocycles. The van der Waals surface area contributed by atoms with Crippen LogP contribution < -0.4 is 5.32 Å². The van der Waals surface area contributed by atoms with Crippen LogP contribution >= 0.6 is 0 Å². The number of hydrogen-bond donors (Lipinski definition) is 3. The van der Waals surface area contributed by atoms with Crippen molar-refractivity contribution in [1.29, 1.82) is 0 Å². The van der Waals surface area contributed by atoms with Gasteiger partial charge in [-0.05, 0) is 26.3 Å². The van der Waals surface area contributed by atoms with E-state index >= 15 is 0 Å². The van der Waals surface area contributed by atoms with Gasteiger partial charge in [-0.3, -0.25) is 0 Å². The maximum atomic E-state index is 9.61. The van der Waals surface area contributed by atoms with Crippen LogP contribution in [0.1, 0.15) is 19.8 Å². The quantitative estimate of drug-likeness (QED) is 0.465. The maximum Gasteiger partial charge on any atom is 0.0794 e. The first-order chi connectivity index (χ1) is 4.67. The Morgan fingerprint density at radius 2 is 2.40 bits per heavy atom. The molecule has 0 aromatic rings. The van der Waals surface area contributed by atoms with E-state index in [1.54, 1.807) is 6.92 Å². The molecule has 3 nitrogen and oxygen atoms in total. The Kier molecular flexibility index (Phi) is 2.28. The summed E-state index contributed by atoms with van der Waals surface area (Å²) in [4.78, 5) is 0. The third kappa shape index (κ3) is 1.48. The molecule has 3 heteroatoms. The molecule has 1 rings (SSSR count). The average molecular weight is 145 g/mol. The zero-order valence-electron chi connectivity index (χ0n) is 6.30. The molecule has 0 bridgehead atoms. The molecule has 0 aromatic heterocycles.